The number of fused-ring (bicyclic) bond motifs is 3. The second-order valence-electron chi connectivity index (χ2n) is 9.90. The summed E-state index contributed by atoms with van der Waals surface area (Å²) >= 11 is 0. The zero-order chi connectivity index (χ0) is 26.2. The third kappa shape index (κ3) is 5.21. The molecule has 5 rings (SSSR count). The molecule has 1 amide bonds. The number of benzene rings is 3. The number of rotatable bonds is 8. The standard InChI is InChI=1S/C28H26F3NO5/c29-28(30,31)37-20-8-5-18(6-9-20)16-36-23-21-4-2-1-3-19(21)7-10-22(23)25(33)32-24(26(34)35)27-13-11-17(15-27)12-14-27/h1-10,17,24H,11-16H2,(H,32,33)(H,34,35). The van der Waals surface area contributed by atoms with E-state index in [4.69, 9.17) is 4.74 Å². The maximum absolute atomic E-state index is 13.5. The lowest BCUT2D eigenvalue weighted by Gasteiger charge is -2.33. The second kappa shape index (κ2) is 9.61. The Morgan fingerprint density at radius 3 is 2.35 bits per heavy atom. The van der Waals surface area contributed by atoms with Crippen LogP contribution in [0.3, 0.4) is 0 Å². The Labute approximate surface area is 211 Å². The highest BCUT2D eigenvalue weighted by Crippen LogP contribution is 2.56. The summed E-state index contributed by atoms with van der Waals surface area (Å²) in [5, 5.41) is 14.3. The lowest BCUT2D eigenvalue weighted by Crippen LogP contribution is -2.51. The summed E-state index contributed by atoms with van der Waals surface area (Å²) in [6.45, 7) is -0.0193. The van der Waals surface area contributed by atoms with Crippen molar-refractivity contribution in [1.29, 1.82) is 0 Å². The van der Waals surface area contributed by atoms with E-state index < -0.39 is 29.7 Å². The van der Waals surface area contributed by atoms with Gasteiger partial charge in [-0.1, -0.05) is 42.5 Å². The quantitative estimate of drug-likeness (QED) is 0.381. The minimum atomic E-state index is -4.78. The first kappa shape index (κ1) is 24.9. The highest BCUT2D eigenvalue weighted by Gasteiger charge is 2.53. The van der Waals surface area contributed by atoms with Crippen molar-refractivity contribution >= 4 is 22.6 Å². The maximum Gasteiger partial charge on any atom is 0.573 e. The molecule has 6 nitrogen and oxygen atoms in total. The van der Waals surface area contributed by atoms with Crippen LogP contribution in [0.15, 0.2) is 60.7 Å². The lowest BCUT2D eigenvalue weighted by molar-refractivity contribution is -0.274. The Morgan fingerprint density at radius 1 is 1.03 bits per heavy atom. The number of ether oxygens (including phenoxy) is 2. The van der Waals surface area contributed by atoms with Crippen LogP contribution in [0.25, 0.3) is 10.8 Å². The summed E-state index contributed by atoms with van der Waals surface area (Å²) in [4.78, 5) is 25.7. The molecule has 3 aromatic rings. The third-order valence-corrected chi connectivity index (χ3v) is 7.60. The van der Waals surface area contributed by atoms with Crippen molar-refractivity contribution in [2.24, 2.45) is 11.3 Å². The van der Waals surface area contributed by atoms with Crippen LogP contribution >= 0.6 is 0 Å². The number of carboxylic acid groups (broad SMARTS) is 1. The first-order valence-electron chi connectivity index (χ1n) is 12.2. The lowest BCUT2D eigenvalue weighted by atomic mass is 9.77. The number of carboxylic acids is 1. The van der Waals surface area contributed by atoms with Crippen LogP contribution in [-0.2, 0) is 11.4 Å². The van der Waals surface area contributed by atoms with Gasteiger partial charge in [-0.2, -0.15) is 0 Å². The molecule has 194 valence electrons. The summed E-state index contributed by atoms with van der Waals surface area (Å²) in [5.74, 6) is -1.12. The van der Waals surface area contributed by atoms with E-state index in [0.717, 1.165) is 37.5 Å². The average Bonchev–Trinajstić information content (AvgIpc) is 3.47. The first-order chi connectivity index (χ1) is 17.6. The molecule has 1 atom stereocenters. The number of alkyl halides is 3. The predicted molar refractivity (Wildman–Crippen MR) is 129 cm³/mol. The molecular formula is C28H26F3NO5. The van der Waals surface area contributed by atoms with Crippen LogP contribution in [0.4, 0.5) is 13.2 Å². The van der Waals surface area contributed by atoms with Crippen molar-refractivity contribution in [3.8, 4) is 11.5 Å². The zero-order valence-electron chi connectivity index (χ0n) is 19.9. The highest BCUT2D eigenvalue weighted by molar-refractivity contribution is 6.05. The molecule has 2 fully saturated rings. The van der Waals surface area contributed by atoms with Crippen LogP contribution in [0.2, 0.25) is 0 Å². The van der Waals surface area contributed by atoms with E-state index in [2.05, 4.69) is 10.1 Å². The Hall–Kier alpha value is -3.75. The minimum Gasteiger partial charge on any atom is -0.487 e. The van der Waals surface area contributed by atoms with E-state index in [1.54, 1.807) is 24.3 Å². The molecular weight excluding hydrogens is 487 g/mol. The van der Waals surface area contributed by atoms with Crippen molar-refractivity contribution < 1.29 is 37.3 Å². The van der Waals surface area contributed by atoms with Crippen molar-refractivity contribution in [3.05, 3.63) is 71.8 Å². The first-order valence-corrected chi connectivity index (χ1v) is 12.2. The fourth-order valence-electron chi connectivity index (χ4n) is 5.85. The fourth-order valence-corrected chi connectivity index (χ4v) is 5.85. The van der Waals surface area contributed by atoms with Gasteiger partial charge in [0, 0.05) is 10.8 Å². The van der Waals surface area contributed by atoms with Crippen molar-refractivity contribution in [2.75, 3.05) is 0 Å². The van der Waals surface area contributed by atoms with Gasteiger partial charge in [-0.05, 0) is 67.2 Å². The van der Waals surface area contributed by atoms with E-state index >= 15 is 0 Å². The number of hydrogen-bond donors (Lipinski definition) is 2. The topological polar surface area (TPSA) is 84.9 Å². The van der Waals surface area contributed by atoms with Gasteiger partial charge in [0.2, 0.25) is 0 Å². The van der Waals surface area contributed by atoms with Gasteiger partial charge in [0.15, 0.2) is 0 Å². The van der Waals surface area contributed by atoms with Crippen molar-refractivity contribution in [2.45, 2.75) is 51.1 Å². The molecule has 3 aromatic carbocycles. The number of aliphatic carboxylic acids is 1. The van der Waals surface area contributed by atoms with Gasteiger partial charge in [-0.3, -0.25) is 4.79 Å². The summed E-state index contributed by atoms with van der Waals surface area (Å²) in [7, 11) is 0. The normalized spacial score (nSPS) is 21.5. The van der Waals surface area contributed by atoms with Gasteiger partial charge in [0.25, 0.3) is 5.91 Å². The summed E-state index contributed by atoms with van der Waals surface area (Å²) < 4.78 is 47.3. The van der Waals surface area contributed by atoms with Crippen molar-refractivity contribution in [1.82, 2.24) is 5.32 Å². The van der Waals surface area contributed by atoms with Gasteiger partial charge >= 0.3 is 12.3 Å². The molecule has 9 heteroatoms. The van der Waals surface area contributed by atoms with Crippen LogP contribution in [0, 0.1) is 11.3 Å². The van der Waals surface area contributed by atoms with Crippen LogP contribution in [0.5, 0.6) is 11.5 Å². The van der Waals surface area contributed by atoms with Gasteiger partial charge in [-0.25, -0.2) is 4.79 Å². The third-order valence-electron chi connectivity index (χ3n) is 7.60. The van der Waals surface area contributed by atoms with E-state index in [1.807, 2.05) is 12.1 Å². The molecule has 0 aliphatic heterocycles. The fraction of sp³-hybridized carbons (Fsp3) is 0.357. The monoisotopic (exact) mass is 513 g/mol. The molecule has 2 aliphatic rings. The summed E-state index contributed by atoms with van der Waals surface area (Å²) in [6, 6.07) is 15.0. The Kier molecular flexibility index (Phi) is 6.47. The predicted octanol–water partition coefficient (Wildman–Crippen LogP) is 6.08. The van der Waals surface area contributed by atoms with E-state index in [9.17, 15) is 27.9 Å². The number of nitrogens with one attached hydrogen (secondary N) is 1. The highest BCUT2D eigenvalue weighted by atomic mass is 19.4. The van der Waals surface area contributed by atoms with Gasteiger partial charge in [0.05, 0.1) is 5.56 Å². The molecule has 0 radical (unpaired) electrons. The number of amides is 1. The molecule has 2 aliphatic carbocycles. The summed E-state index contributed by atoms with van der Waals surface area (Å²) in [6.07, 6.45) is -0.449. The van der Waals surface area contributed by atoms with E-state index in [0.29, 0.717) is 16.9 Å². The Balaban J connectivity index is 1.40. The minimum absolute atomic E-state index is 0.0193. The molecule has 2 saturated carbocycles. The van der Waals surface area contributed by atoms with Crippen LogP contribution in [-0.4, -0.2) is 29.4 Å². The molecule has 37 heavy (non-hydrogen) atoms. The van der Waals surface area contributed by atoms with Crippen LogP contribution in [0.1, 0.15) is 48.0 Å². The average molecular weight is 514 g/mol. The largest absolute Gasteiger partial charge is 0.573 e. The zero-order valence-corrected chi connectivity index (χ0v) is 19.9. The number of carbonyl (C=O) groups excluding carboxylic acids is 1. The van der Waals surface area contributed by atoms with Crippen LogP contribution < -0.4 is 14.8 Å². The molecule has 0 heterocycles. The SMILES string of the molecule is O=C(NC(C(=O)O)C12CCC(CC1)C2)c1ccc2ccccc2c1OCc1ccc(OC(F)(F)F)cc1. The maximum atomic E-state index is 13.5. The number of carbonyl (C=O) groups is 2. The van der Waals surface area contributed by atoms with Gasteiger partial charge < -0.3 is 19.9 Å². The molecule has 2 N–H and O–H groups in total. The molecule has 1 unspecified atom stereocenters. The summed E-state index contributed by atoms with van der Waals surface area (Å²) in [5.41, 5.74) is 0.342. The van der Waals surface area contributed by atoms with Gasteiger partial charge in [0.1, 0.15) is 24.1 Å². The molecule has 0 spiro atoms. The van der Waals surface area contributed by atoms with E-state index in [-0.39, 0.29) is 23.7 Å². The number of halogens is 3. The molecule has 2 bridgehead atoms. The molecule has 0 saturated heterocycles. The Bertz CT molecular complexity index is 1310. The van der Waals surface area contributed by atoms with Gasteiger partial charge in [-0.15, -0.1) is 13.2 Å². The number of hydrogen-bond acceptors (Lipinski definition) is 4. The molecule has 0 aromatic heterocycles. The van der Waals surface area contributed by atoms with Crippen molar-refractivity contribution in [3.63, 3.8) is 0 Å². The second-order valence-corrected chi connectivity index (χ2v) is 9.90. The van der Waals surface area contributed by atoms with E-state index in [1.165, 1.54) is 24.3 Å². The Morgan fingerprint density at radius 2 is 1.73 bits per heavy atom. The smallest absolute Gasteiger partial charge is 0.487 e.